The Hall–Kier alpha value is -4.00. The first-order chi connectivity index (χ1) is 23.7. The van der Waals surface area contributed by atoms with E-state index in [0.717, 1.165) is 54.6 Å². The summed E-state index contributed by atoms with van der Waals surface area (Å²) in [7, 11) is 0.823. The number of piperazine rings is 1. The van der Waals surface area contributed by atoms with Crippen LogP contribution < -0.4 is 13.8 Å². The van der Waals surface area contributed by atoms with Crippen molar-refractivity contribution in [2.24, 2.45) is 0 Å². The van der Waals surface area contributed by atoms with E-state index in [0.29, 0.717) is 40.7 Å². The quantitative estimate of drug-likeness (QED) is 0.230. The maximum atomic E-state index is 15.7. The molecule has 0 spiro atoms. The molecule has 12 heteroatoms. The number of ether oxygens (including phenoxy) is 2. The molecule has 2 fully saturated rings. The van der Waals surface area contributed by atoms with Gasteiger partial charge in [0.05, 0.1) is 36.5 Å². The molecule has 7 rings (SSSR count). The number of carbonyl (C=O) groups excluding carboxylic acids is 1. The molecule has 3 aliphatic rings. The summed E-state index contributed by atoms with van der Waals surface area (Å²) in [6.07, 6.45) is 3.26. The van der Waals surface area contributed by atoms with Crippen LogP contribution in [0.5, 0.6) is 11.5 Å². The summed E-state index contributed by atoms with van der Waals surface area (Å²) in [6, 6.07) is 22.5. The van der Waals surface area contributed by atoms with Crippen molar-refractivity contribution in [1.82, 2.24) is 19.7 Å². The van der Waals surface area contributed by atoms with Crippen molar-refractivity contribution < 1.29 is 22.7 Å². The number of halogens is 1. The zero-order valence-electron chi connectivity index (χ0n) is 27.9. The van der Waals surface area contributed by atoms with E-state index in [4.69, 9.17) is 26.1 Å². The molecule has 0 aliphatic carbocycles. The first-order valence-corrected chi connectivity index (χ1v) is 18.3. The lowest BCUT2D eigenvalue weighted by Crippen LogP contribution is -2.54. The van der Waals surface area contributed by atoms with Gasteiger partial charge in [0.15, 0.2) is 5.54 Å². The summed E-state index contributed by atoms with van der Waals surface area (Å²) in [6.45, 7) is 4.96. The van der Waals surface area contributed by atoms with Crippen molar-refractivity contribution in [2.75, 3.05) is 58.3 Å². The molecular formula is C37H40ClN5O5S. The van der Waals surface area contributed by atoms with Crippen LogP contribution in [0.2, 0.25) is 5.02 Å². The van der Waals surface area contributed by atoms with E-state index >= 15 is 4.79 Å². The molecule has 0 radical (unpaired) electrons. The molecule has 3 aromatic carbocycles. The molecule has 0 N–H and O–H groups in total. The molecule has 0 saturated carbocycles. The second-order valence-electron chi connectivity index (χ2n) is 12.8. The second kappa shape index (κ2) is 13.4. The summed E-state index contributed by atoms with van der Waals surface area (Å²) >= 11 is 6.74. The van der Waals surface area contributed by atoms with Gasteiger partial charge in [-0.25, -0.2) is 12.7 Å². The van der Waals surface area contributed by atoms with Gasteiger partial charge in [0.2, 0.25) is 0 Å². The van der Waals surface area contributed by atoms with E-state index in [1.54, 1.807) is 43.6 Å². The minimum absolute atomic E-state index is 0.0307. The molecule has 4 heterocycles. The van der Waals surface area contributed by atoms with Crippen LogP contribution in [0.15, 0.2) is 90.0 Å². The van der Waals surface area contributed by atoms with Gasteiger partial charge in [0, 0.05) is 61.6 Å². The molecule has 2 atom stereocenters. The fourth-order valence-electron chi connectivity index (χ4n) is 7.58. The monoisotopic (exact) mass is 701 g/mol. The van der Waals surface area contributed by atoms with Crippen LogP contribution in [0.25, 0.3) is 0 Å². The standard InChI is InChI=1S/C37H40ClN5O5S/c1-40-19-21-41(22-20-40)25-26-9-16-35(48-3)31(23-26)37(42-18-6-8-34(42)32-7-4-5-17-39-32)30-24-27(38)10-15-33(30)43(36(37)44)49(45,46)29-13-11-28(47-2)12-14-29/h4-5,7,9-17,23-24,34H,6,8,18-22,25H2,1-3H3. The van der Waals surface area contributed by atoms with Crippen LogP contribution in [0.3, 0.4) is 0 Å². The SMILES string of the molecule is COc1ccc(S(=O)(=O)N2C(=O)C(c3cc(CN4CCN(C)CC4)ccc3OC)(N3CCCC3c3ccccn3)c3cc(Cl)ccc32)cc1. The number of hydrogen-bond acceptors (Lipinski definition) is 9. The number of anilines is 1. The number of likely N-dealkylation sites (tertiary alicyclic amines) is 1. The average molecular weight is 702 g/mol. The van der Waals surface area contributed by atoms with Crippen molar-refractivity contribution in [1.29, 1.82) is 0 Å². The Morgan fingerprint density at radius 2 is 1.67 bits per heavy atom. The molecule has 10 nitrogen and oxygen atoms in total. The Labute approximate surface area is 292 Å². The van der Waals surface area contributed by atoms with Gasteiger partial charge < -0.3 is 14.4 Å². The molecule has 2 saturated heterocycles. The normalized spacial score (nSPS) is 22.0. The number of hydrogen-bond donors (Lipinski definition) is 0. The van der Waals surface area contributed by atoms with Crippen LogP contribution in [-0.2, 0) is 26.9 Å². The number of aromatic nitrogens is 1. The van der Waals surface area contributed by atoms with Gasteiger partial charge in [0.1, 0.15) is 11.5 Å². The molecule has 3 aliphatic heterocycles. The highest BCUT2D eigenvalue weighted by atomic mass is 35.5. The number of sulfonamides is 1. The molecule has 1 amide bonds. The minimum Gasteiger partial charge on any atom is -0.497 e. The van der Waals surface area contributed by atoms with Gasteiger partial charge >= 0.3 is 0 Å². The molecule has 1 aromatic heterocycles. The Balaban J connectivity index is 1.47. The number of methoxy groups -OCH3 is 2. The van der Waals surface area contributed by atoms with E-state index < -0.39 is 21.5 Å². The lowest BCUT2D eigenvalue weighted by Gasteiger charge is -2.42. The third-order valence-electron chi connectivity index (χ3n) is 10.0. The third-order valence-corrected chi connectivity index (χ3v) is 12.0. The number of fused-ring (bicyclic) bond motifs is 1. The third kappa shape index (κ3) is 5.77. The van der Waals surface area contributed by atoms with E-state index in [-0.39, 0.29) is 16.6 Å². The first-order valence-electron chi connectivity index (χ1n) is 16.5. The fraction of sp³-hybridized carbons (Fsp3) is 0.351. The molecular weight excluding hydrogens is 662 g/mol. The van der Waals surface area contributed by atoms with Crippen molar-refractivity contribution in [2.45, 2.75) is 35.9 Å². The predicted molar refractivity (Wildman–Crippen MR) is 189 cm³/mol. The van der Waals surface area contributed by atoms with Gasteiger partial charge in [-0.1, -0.05) is 23.7 Å². The van der Waals surface area contributed by atoms with Crippen LogP contribution >= 0.6 is 11.6 Å². The second-order valence-corrected chi connectivity index (χ2v) is 15.1. The average Bonchev–Trinajstić information content (AvgIpc) is 3.71. The predicted octanol–water partition coefficient (Wildman–Crippen LogP) is 5.32. The van der Waals surface area contributed by atoms with Crippen LogP contribution in [0.4, 0.5) is 5.69 Å². The van der Waals surface area contributed by atoms with Crippen LogP contribution in [0.1, 0.15) is 41.3 Å². The highest BCUT2D eigenvalue weighted by Crippen LogP contribution is 2.56. The Morgan fingerprint density at radius 1 is 0.898 bits per heavy atom. The highest BCUT2D eigenvalue weighted by Gasteiger charge is 2.62. The van der Waals surface area contributed by atoms with Gasteiger partial charge in [0.25, 0.3) is 15.9 Å². The molecule has 49 heavy (non-hydrogen) atoms. The van der Waals surface area contributed by atoms with Crippen LogP contribution in [0, 0.1) is 0 Å². The topological polar surface area (TPSA) is 95.5 Å². The van der Waals surface area contributed by atoms with Crippen LogP contribution in [-0.4, -0.2) is 88.0 Å². The lowest BCUT2D eigenvalue weighted by molar-refractivity contribution is -0.127. The summed E-state index contributed by atoms with van der Waals surface area (Å²) in [5, 5.41) is 0.390. The minimum atomic E-state index is -4.40. The van der Waals surface area contributed by atoms with E-state index in [9.17, 15) is 8.42 Å². The lowest BCUT2D eigenvalue weighted by atomic mass is 9.80. The highest BCUT2D eigenvalue weighted by molar-refractivity contribution is 7.93. The van der Waals surface area contributed by atoms with E-state index in [1.807, 2.05) is 36.4 Å². The number of rotatable bonds is 9. The number of amides is 1. The Morgan fingerprint density at radius 3 is 2.37 bits per heavy atom. The summed E-state index contributed by atoms with van der Waals surface area (Å²) < 4.78 is 41.6. The number of nitrogens with zero attached hydrogens (tertiary/aromatic N) is 5. The summed E-state index contributed by atoms with van der Waals surface area (Å²) in [4.78, 5) is 27.2. The van der Waals surface area contributed by atoms with Crippen molar-refractivity contribution >= 4 is 33.2 Å². The number of likely N-dealkylation sites (N-methyl/N-ethyl adjacent to an activating group) is 1. The van der Waals surface area contributed by atoms with Gasteiger partial charge in [-0.3, -0.25) is 19.6 Å². The largest absolute Gasteiger partial charge is 0.497 e. The number of carbonyl (C=O) groups is 1. The van der Waals surface area contributed by atoms with E-state index in [1.165, 1.54) is 19.2 Å². The van der Waals surface area contributed by atoms with Crippen molar-refractivity contribution in [3.05, 3.63) is 112 Å². The summed E-state index contributed by atoms with van der Waals surface area (Å²) in [5.74, 6) is 0.376. The van der Waals surface area contributed by atoms with Crippen molar-refractivity contribution in [3.8, 4) is 11.5 Å². The van der Waals surface area contributed by atoms with E-state index in [2.05, 4.69) is 21.7 Å². The maximum Gasteiger partial charge on any atom is 0.271 e. The zero-order chi connectivity index (χ0) is 34.3. The molecule has 2 unspecified atom stereocenters. The molecule has 256 valence electrons. The summed E-state index contributed by atoms with van der Waals surface area (Å²) in [5.41, 5.74) is 1.51. The van der Waals surface area contributed by atoms with Gasteiger partial charge in [-0.05, 0) is 92.2 Å². The Kier molecular flexibility index (Phi) is 9.14. The zero-order valence-corrected chi connectivity index (χ0v) is 29.5. The fourth-order valence-corrected chi connectivity index (χ4v) is 9.21. The van der Waals surface area contributed by atoms with Crippen molar-refractivity contribution in [3.63, 3.8) is 0 Å². The number of pyridine rings is 1. The molecule has 4 aromatic rings. The Bertz CT molecular complexity index is 1950. The van der Waals surface area contributed by atoms with Gasteiger partial charge in [-0.15, -0.1) is 0 Å². The van der Waals surface area contributed by atoms with Gasteiger partial charge in [-0.2, -0.15) is 0 Å². The number of benzene rings is 3. The maximum absolute atomic E-state index is 15.7. The molecule has 0 bridgehead atoms. The smallest absolute Gasteiger partial charge is 0.271 e. The first kappa shape index (κ1) is 33.5.